The van der Waals surface area contributed by atoms with E-state index in [-0.39, 0.29) is 12.4 Å². The number of nitrogens with one attached hydrogen (secondary N) is 1. The lowest BCUT2D eigenvalue weighted by atomic mass is 10.1. The summed E-state index contributed by atoms with van der Waals surface area (Å²) in [5.74, 6) is -0.294. The second-order valence-electron chi connectivity index (χ2n) is 3.87. The van der Waals surface area contributed by atoms with Gasteiger partial charge in [0.2, 0.25) is 5.90 Å². The van der Waals surface area contributed by atoms with Crippen molar-refractivity contribution in [2.24, 2.45) is 4.99 Å². The maximum absolute atomic E-state index is 11.1. The summed E-state index contributed by atoms with van der Waals surface area (Å²) in [5, 5.41) is 8.49. The average molecular weight is 248 g/mol. The fraction of sp³-hybridized carbons (Fsp3) is 0.250. The van der Waals surface area contributed by atoms with E-state index in [0.29, 0.717) is 17.0 Å². The molecule has 0 fully saturated rings. The van der Waals surface area contributed by atoms with Crippen molar-refractivity contribution < 1.29 is 19.5 Å². The normalized spacial score (nSPS) is 17.9. The quantitative estimate of drug-likeness (QED) is 0.464. The molecule has 1 aliphatic rings. The molecule has 0 saturated carbocycles. The molecule has 0 radical (unpaired) electrons. The number of hydrogen-bond donors (Lipinski definition) is 2. The number of ether oxygens (including phenoxy) is 1. The van der Waals surface area contributed by atoms with Crippen LogP contribution in [0.2, 0.25) is 0 Å². The molecule has 1 aromatic rings. The van der Waals surface area contributed by atoms with Crippen LogP contribution in [0.15, 0.2) is 29.3 Å². The van der Waals surface area contributed by atoms with Crippen LogP contribution in [0.1, 0.15) is 22.8 Å². The van der Waals surface area contributed by atoms with Gasteiger partial charge in [-0.3, -0.25) is 14.8 Å². The number of hydroxylamine groups is 1. The van der Waals surface area contributed by atoms with E-state index in [9.17, 15) is 9.59 Å². The van der Waals surface area contributed by atoms with E-state index < -0.39 is 11.9 Å². The Morgan fingerprint density at radius 2 is 2.06 bits per heavy atom. The van der Waals surface area contributed by atoms with E-state index in [2.05, 4.69) is 4.99 Å². The summed E-state index contributed by atoms with van der Waals surface area (Å²) in [4.78, 5) is 26.3. The zero-order valence-corrected chi connectivity index (χ0v) is 9.71. The van der Waals surface area contributed by atoms with Gasteiger partial charge in [0.05, 0.1) is 0 Å². The zero-order valence-electron chi connectivity index (χ0n) is 9.71. The second kappa shape index (κ2) is 4.97. The van der Waals surface area contributed by atoms with Crippen LogP contribution in [-0.2, 0) is 9.53 Å². The molecule has 2 rings (SSSR count). The van der Waals surface area contributed by atoms with Crippen LogP contribution in [0.25, 0.3) is 0 Å². The largest absolute Gasteiger partial charge is 0.475 e. The maximum atomic E-state index is 11.1. The van der Waals surface area contributed by atoms with Gasteiger partial charge < -0.3 is 4.74 Å². The van der Waals surface area contributed by atoms with Gasteiger partial charge in [-0.2, -0.15) is 0 Å². The fourth-order valence-electron chi connectivity index (χ4n) is 1.59. The Kier molecular flexibility index (Phi) is 3.38. The number of ketones is 1. The second-order valence-corrected chi connectivity index (χ2v) is 3.87. The van der Waals surface area contributed by atoms with Crippen molar-refractivity contribution in [1.82, 2.24) is 5.48 Å². The van der Waals surface area contributed by atoms with Gasteiger partial charge in [0.15, 0.2) is 11.8 Å². The number of carbonyl (C=O) groups excluding carboxylic acids is 2. The van der Waals surface area contributed by atoms with Gasteiger partial charge in [-0.25, -0.2) is 10.5 Å². The molecule has 18 heavy (non-hydrogen) atoms. The van der Waals surface area contributed by atoms with Crippen molar-refractivity contribution in [2.45, 2.75) is 13.0 Å². The number of nitrogens with zero attached hydrogens (tertiary/aromatic N) is 1. The predicted octanol–water partition coefficient (Wildman–Crippen LogP) is 0.540. The summed E-state index contributed by atoms with van der Waals surface area (Å²) >= 11 is 0. The highest BCUT2D eigenvalue weighted by atomic mass is 16.5. The van der Waals surface area contributed by atoms with E-state index in [4.69, 9.17) is 9.94 Å². The molecule has 1 heterocycles. The molecule has 1 atom stereocenters. The van der Waals surface area contributed by atoms with Crippen LogP contribution in [0.3, 0.4) is 0 Å². The summed E-state index contributed by atoms with van der Waals surface area (Å²) in [7, 11) is 0. The maximum Gasteiger partial charge on any atom is 0.271 e. The minimum atomic E-state index is -0.738. The minimum absolute atomic E-state index is 0.0200. The van der Waals surface area contributed by atoms with E-state index in [0.717, 1.165) is 0 Å². The SMILES string of the molecule is CC(=O)c1ccc(C2=N[C@@H](C(=O)NO)CO2)cc1. The third-order valence-electron chi connectivity index (χ3n) is 2.60. The molecule has 6 heteroatoms. The molecule has 1 aromatic carbocycles. The molecule has 0 bridgehead atoms. The first-order valence-corrected chi connectivity index (χ1v) is 5.37. The van der Waals surface area contributed by atoms with Crippen LogP contribution in [0, 0.1) is 0 Å². The van der Waals surface area contributed by atoms with Gasteiger partial charge >= 0.3 is 0 Å². The standard InChI is InChI=1S/C12H12N2O4/c1-7(15)8-2-4-9(5-3-8)12-13-10(6-18-12)11(16)14-17/h2-5,10,17H,6H2,1H3,(H,14,16)/t10-/m1/s1. The average Bonchev–Trinajstić information content (AvgIpc) is 2.87. The Labute approximate surface area is 103 Å². The van der Waals surface area contributed by atoms with E-state index in [1.165, 1.54) is 12.4 Å². The van der Waals surface area contributed by atoms with Crippen LogP contribution in [-0.4, -0.2) is 35.4 Å². The lowest BCUT2D eigenvalue weighted by Gasteiger charge is -2.01. The Morgan fingerprint density at radius 1 is 1.39 bits per heavy atom. The van der Waals surface area contributed by atoms with E-state index >= 15 is 0 Å². The van der Waals surface area contributed by atoms with Crippen molar-refractivity contribution in [3.05, 3.63) is 35.4 Å². The summed E-state index contributed by atoms with van der Waals surface area (Å²) in [6, 6.07) is 6.01. The third kappa shape index (κ3) is 2.38. The number of hydrogen-bond acceptors (Lipinski definition) is 5. The van der Waals surface area contributed by atoms with Crippen molar-refractivity contribution in [3.63, 3.8) is 0 Å². The Hall–Kier alpha value is -2.21. The van der Waals surface area contributed by atoms with Gasteiger partial charge in [0, 0.05) is 11.1 Å². The molecule has 6 nitrogen and oxygen atoms in total. The molecule has 1 amide bonds. The Morgan fingerprint density at radius 3 is 2.61 bits per heavy atom. The van der Waals surface area contributed by atoms with Gasteiger partial charge in [-0.1, -0.05) is 12.1 Å². The van der Waals surface area contributed by atoms with Crippen LogP contribution < -0.4 is 5.48 Å². The first-order valence-electron chi connectivity index (χ1n) is 5.37. The van der Waals surface area contributed by atoms with E-state index in [1.807, 2.05) is 0 Å². The molecule has 0 unspecified atom stereocenters. The number of benzene rings is 1. The molecular weight excluding hydrogens is 236 g/mol. The van der Waals surface area contributed by atoms with Crippen molar-refractivity contribution in [1.29, 1.82) is 0 Å². The summed E-state index contributed by atoms with van der Waals surface area (Å²) < 4.78 is 5.27. The van der Waals surface area contributed by atoms with Crippen LogP contribution >= 0.6 is 0 Å². The molecular formula is C12H12N2O4. The number of amides is 1. The number of carbonyl (C=O) groups is 2. The van der Waals surface area contributed by atoms with Gasteiger partial charge in [0.1, 0.15) is 6.61 Å². The molecule has 0 spiro atoms. The smallest absolute Gasteiger partial charge is 0.271 e. The third-order valence-corrected chi connectivity index (χ3v) is 2.60. The molecule has 0 aliphatic carbocycles. The van der Waals surface area contributed by atoms with Gasteiger partial charge in [-0.05, 0) is 19.1 Å². The topological polar surface area (TPSA) is 88.0 Å². The molecule has 0 saturated heterocycles. The van der Waals surface area contributed by atoms with Gasteiger partial charge in [0.25, 0.3) is 5.91 Å². The van der Waals surface area contributed by atoms with Gasteiger partial charge in [-0.15, -0.1) is 0 Å². The number of Topliss-reactive ketones (excluding diaryl/α,β-unsaturated/α-hetero) is 1. The number of rotatable bonds is 3. The highest BCUT2D eigenvalue weighted by Crippen LogP contribution is 2.13. The highest BCUT2D eigenvalue weighted by molar-refractivity contribution is 6.00. The fourth-order valence-corrected chi connectivity index (χ4v) is 1.59. The monoisotopic (exact) mass is 248 g/mol. The molecule has 0 aromatic heterocycles. The summed E-state index contributed by atoms with van der Waals surface area (Å²) in [6.07, 6.45) is 0. The van der Waals surface area contributed by atoms with E-state index in [1.54, 1.807) is 24.3 Å². The Bertz CT molecular complexity index is 507. The molecule has 2 N–H and O–H groups in total. The van der Waals surface area contributed by atoms with Crippen molar-refractivity contribution in [3.8, 4) is 0 Å². The van der Waals surface area contributed by atoms with Crippen LogP contribution in [0.4, 0.5) is 0 Å². The molecule has 94 valence electrons. The first-order chi connectivity index (χ1) is 8.61. The summed E-state index contributed by atoms with van der Waals surface area (Å²) in [5.41, 5.74) is 2.82. The highest BCUT2D eigenvalue weighted by Gasteiger charge is 2.26. The lowest BCUT2D eigenvalue weighted by Crippen LogP contribution is -2.31. The zero-order chi connectivity index (χ0) is 13.1. The van der Waals surface area contributed by atoms with Crippen molar-refractivity contribution >= 4 is 17.6 Å². The summed E-state index contributed by atoms with van der Waals surface area (Å²) in [6.45, 7) is 1.58. The first kappa shape index (κ1) is 12.3. The van der Waals surface area contributed by atoms with Crippen LogP contribution in [0.5, 0.6) is 0 Å². The minimum Gasteiger partial charge on any atom is -0.475 e. The molecule has 1 aliphatic heterocycles. The number of aliphatic imine (C=N–C) groups is 1. The van der Waals surface area contributed by atoms with Crippen molar-refractivity contribution in [2.75, 3.05) is 6.61 Å². The lowest BCUT2D eigenvalue weighted by molar-refractivity contribution is -0.130. The Balaban J connectivity index is 2.18. The predicted molar refractivity (Wildman–Crippen MR) is 62.7 cm³/mol.